The summed E-state index contributed by atoms with van der Waals surface area (Å²) in [4.78, 5) is 24.9. The van der Waals surface area contributed by atoms with Crippen LogP contribution >= 0.6 is 11.6 Å². The fourth-order valence-electron chi connectivity index (χ4n) is 4.20. The average molecular weight is 480 g/mol. The van der Waals surface area contributed by atoms with E-state index >= 15 is 0 Å². The molecule has 0 aliphatic carbocycles. The number of nitrogens with two attached hydrogens (primary N) is 1. The van der Waals surface area contributed by atoms with E-state index in [0.717, 1.165) is 36.9 Å². The Hall–Kier alpha value is -3.78. The number of aromatic nitrogens is 1. The Bertz CT molecular complexity index is 1280. The van der Waals surface area contributed by atoms with Crippen LogP contribution < -0.4 is 5.73 Å². The number of carboxylic acids is 1. The Morgan fingerprint density at radius 3 is 2.62 bits per heavy atom. The SMILES string of the molecule is CC(=O)O.NC1=NC(c2ccncc2)(c2cccc(-c3cc(Cl)ccc3F)c2)C2=NCCCN12. The number of hydrogen-bond acceptors (Lipinski definition) is 6. The lowest BCUT2D eigenvalue weighted by molar-refractivity contribution is -0.134. The molecule has 0 saturated heterocycles. The molecule has 3 aromatic rings. The molecule has 1 unspecified atom stereocenters. The third-order valence-electron chi connectivity index (χ3n) is 5.56. The molecule has 0 fully saturated rings. The molecule has 2 aliphatic rings. The van der Waals surface area contributed by atoms with Gasteiger partial charge < -0.3 is 10.8 Å². The number of benzene rings is 2. The van der Waals surface area contributed by atoms with Gasteiger partial charge in [-0.15, -0.1) is 0 Å². The molecule has 174 valence electrons. The number of halogens is 2. The van der Waals surface area contributed by atoms with E-state index in [-0.39, 0.29) is 5.82 Å². The maximum absolute atomic E-state index is 14.6. The minimum Gasteiger partial charge on any atom is -0.481 e. The average Bonchev–Trinajstić information content (AvgIpc) is 3.14. The largest absolute Gasteiger partial charge is 0.481 e. The van der Waals surface area contributed by atoms with Crippen LogP contribution in [-0.4, -0.2) is 45.8 Å². The minimum atomic E-state index is -0.904. The third-order valence-corrected chi connectivity index (χ3v) is 5.79. The zero-order chi connectivity index (χ0) is 24.3. The fraction of sp³-hybridized carbons (Fsp3) is 0.200. The van der Waals surface area contributed by atoms with E-state index in [4.69, 9.17) is 37.2 Å². The molecule has 2 aromatic carbocycles. The number of carboxylic acid groups (broad SMARTS) is 1. The molecule has 7 nitrogen and oxygen atoms in total. The first kappa shape index (κ1) is 23.4. The summed E-state index contributed by atoms with van der Waals surface area (Å²) in [5, 5.41) is 7.90. The predicted octanol–water partition coefficient (Wildman–Crippen LogP) is 4.31. The van der Waals surface area contributed by atoms with E-state index in [1.807, 2.05) is 41.3 Å². The van der Waals surface area contributed by atoms with Gasteiger partial charge in [0.15, 0.2) is 11.5 Å². The molecule has 0 bridgehead atoms. The van der Waals surface area contributed by atoms with Crippen molar-refractivity contribution in [2.24, 2.45) is 15.7 Å². The van der Waals surface area contributed by atoms with Crippen molar-refractivity contribution in [2.45, 2.75) is 18.9 Å². The summed E-state index contributed by atoms with van der Waals surface area (Å²) in [6.07, 6.45) is 4.38. The van der Waals surface area contributed by atoms with Crippen molar-refractivity contribution < 1.29 is 14.3 Å². The highest BCUT2D eigenvalue weighted by Crippen LogP contribution is 2.42. The van der Waals surface area contributed by atoms with Crippen LogP contribution in [0, 0.1) is 5.82 Å². The summed E-state index contributed by atoms with van der Waals surface area (Å²) in [6.45, 7) is 2.56. The Kier molecular flexibility index (Phi) is 6.61. The number of rotatable bonds is 3. The summed E-state index contributed by atoms with van der Waals surface area (Å²) in [6, 6.07) is 16.1. The van der Waals surface area contributed by atoms with Crippen LogP contribution in [0.1, 0.15) is 24.5 Å². The van der Waals surface area contributed by atoms with Crippen LogP contribution in [0.25, 0.3) is 11.1 Å². The van der Waals surface area contributed by atoms with E-state index in [2.05, 4.69) is 4.98 Å². The second-order valence-electron chi connectivity index (χ2n) is 7.85. The van der Waals surface area contributed by atoms with Gasteiger partial charge in [0.1, 0.15) is 11.7 Å². The first-order valence-corrected chi connectivity index (χ1v) is 11.0. The van der Waals surface area contributed by atoms with Crippen molar-refractivity contribution in [3.63, 3.8) is 0 Å². The van der Waals surface area contributed by atoms with Gasteiger partial charge in [0.05, 0.1) is 0 Å². The monoisotopic (exact) mass is 479 g/mol. The molecule has 0 spiro atoms. The van der Waals surface area contributed by atoms with Crippen molar-refractivity contribution in [2.75, 3.05) is 13.1 Å². The number of carbonyl (C=O) groups is 1. The van der Waals surface area contributed by atoms with Crippen molar-refractivity contribution in [1.29, 1.82) is 0 Å². The van der Waals surface area contributed by atoms with Crippen LogP contribution in [-0.2, 0) is 10.3 Å². The van der Waals surface area contributed by atoms with Gasteiger partial charge in [-0.25, -0.2) is 9.38 Å². The van der Waals surface area contributed by atoms with Gasteiger partial charge in [0.2, 0.25) is 0 Å². The van der Waals surface area contributed by atoms with Crippen LogP contribution in [0.2, 0.25) is 5.02 Å². The number of pyridine rings is 1. The number of nitrogens with zero attached hydrogens (tertiary/aromatic N) is 4. The molecule has 2 aliphatic heterocycles. The molecule has 5 rings (SSSR count). The smallest absolute Gasteiger partial charge is 0.300 e. The Morgan fingerprint density at radius 2 is 1.88 bits per heavy atom. The van der Waals surface area contributed by atoms with E-state index in [1.165, 1.54) is 6.07 Å². The van der Waals surface area contributed by atoms with Gasteiger partial charge in [0.25, 0.3) is 5.97 Å². The quantitative estimate of drug-likeness (QED) is 0.582. The van der Waals surface area contributed by atoms with E-state index in [1.54, 1.807) is 24.5 Å². The van der Waals surface area contributed by atoms with E-state index in [9.17, 15) is 4.39 Å². The standard InChI is InChI=1S/C23H19ClFN5.C2H4O2/c24-18-5-6-20(25)19(14-18)15-3-1-4-17(13-15)23(16-7-10-27-11-8-16)21-28-9-2-12-30(21)22(26)29-23;1-2(3)4/h1,3-8,10-11,13-14H,2,9,12H2,(H2,26,29);1H3,(H,3,4). The molecule has 3 N–H and O–H groups in total. The Morgan fingerprint density at radius 1 is 1.15 bits per heavy atom. The van der Waals surface area contributed by atoms with Gasteiger partial charge >= 0.3 is 0 Å². The maximum atomic E-state index is 14.6. The van der Waals surface area contributed by atoms with Crippen molar-refractivity contribution in [3.8, 4) is 11.1 Å². The molecule has 0 amide bonds. The third kappa shape index (κ3) is 4.36. The van der Waals surface area contributed by atoms with Gasteiger partial charge in [-0.3, -0.25) is 19.7 Å². The summed E-state index contributed by atoms with van der Waals surface area (Å²) in [5.41, 5.74) is 8.35. The molecular formula is C25H23ClFN5O2. The highest BCUT2D eigenvalue weighted by atomic mass is 35.5. The van der Waals surface area contributed by atoms with Crippen LogP contribution in [0.15, 0.2) is 77.0 Å². The summed E-state index contributed by atoms with van der Waals surface area (Å²) in [5.74, 6) is 0.0614. The van der Waals surface area contributed by atoms with Gasteiger partial charge in [-0.05, 0) is 59.5 Å². The number of hydrogen-bond donors (Lipinski definition) is 2. The van der Waals surface area contributed by atoms with Gasteiger partial charge in [-0.1, -0.05) is 29.8 Å². The normalized spacial score (nSPS) is 18.9. The number of amidine groups is 1. The van der Waals surface area contributed by atoms with E-state index in [0.29, 0.717) is 28.7 Å². The minimum absolute atomic E-state index is 0.333. The molecule has 3 heterocycles. The number of aliphatic carboxylic acids is 1. The molecule has 1 atom stereocenters. The highest BCUT2D eigenvalue weighted by molar-refractivity contribution is 6.30. The van der Waals surface area contributed by atoms with Crippen molar-refractivity contribution >= 4 is 29.4 Å². The Balaban J connectivity index is 0.000000636. The second-order valence-corrected chi connectivity index (χ2v) is 8.29. The van der Waals surface area contributed by atoms with Crippen LogP contribution in [0.3, 0.4) is 0 Å². The molecule has 0 saturated carbocycles. The molecular weight excluding hydrogens is 457 g/mol. The summed E-state index contributed by atoms with van der Waals surface area (Å²) >= 11 is 6.13. The number of fused-ring (bicyclic) bond motifs is 1. The Labute approximate surface area is 201 Å². The van der Waals surface area contributed by atoms with Crippen molar-refractivity contribution in [1.82, 2.24) is 9.88 Å². The highest BCUT2D eigenvalue weighted by Gasteiger charge is 2.49. The second kappa shape index (κ2) is 9.61. The van der Waals surface area contributed by atoms with Crippen molar-refractivity contribution in [3.05, 3.63) is 89.0 Å². The number of aliphatic imine (C=N–C) groups is 2. The van der Waals surface area contributed by atoms with Crippen LogP contribution in [0.4, 0.5) is 4.39 Å². The van der Waals surface area contributed by atoms with Crippen LogP contribution in [0.5, 0.6) is 0 Å². The lowest BCUT2D eigenvalue weighted by Crippen LogP contribution is -2.46. The molecule has 9 heteroatoms. The maximum Gasteiger partial charge on any atom is 0.300 e. The molecule has 1 aromatic heterocycles. The predicted molar refractivity (Wildman–Crippen MR) is 130 cm³/mol. The first-order chi connectivity index (χ1) is 16.3. The molecule has 0 radical (unpaired) electrons. The number of guanidine groups is 1. The first-order valence-electron chi connectivity index (χ1n) is 10.7. The fourth-order valence-corrected chi connectivity index (χ4v) is 4.37. The van der Waals surface area contributed by atoms with Gasteiger partial charge in [0, 0.05) is 43.0 Å². The zero-order valence-electron chi connectivity index (χ0n) is 18.4. The summed E-state index contributed by atoms with van der Waals surface area (Å²) in [7, 11) is 0. The van der Waals surface area contributed by atoms with Gasteiger partial charge in [-0.2, -0.15) is 0 Å². The topological polar surface area (TPSA) is 104 Å². The molecule has 34 heavy (non-hydrogen) atoms. The summed E-state index contributed by atoms with van der Waals surface area (Å²) < 4.78 is 14.6. The zero-order valence-corrected chi connectivity index (χ0v) is 19.2. The lowest BCUT2D eigenvalue weighted by Gasteiger charge is -2.33. The lowest BCUT2D eigenvalue weighted by atomic mass is 9.81. The van der Waals surface area contributed by atoms with E-state index < -0.39 is 11.5 Å².